The zero-order chi connectivity index (χ0) is 19.2. The molecule has 1 fully saturated rings. The second-order valence-electron chi connectivity index (χ2n) is 7.01. The molecule has 6 nitrogen and oxygen atoms in total. The SMILES string of the molecule is COc1cc(OC2CC(COc3cccc(CC(C)C(=O)O)c3)C2)ccn1. The number of methoxy groups -OCH3 is 1. The Balaban J connectivity index is 1.42. The van der Waals surface area contributed by atoms with E-state index in [1.165, 1.54) is 0 Å². The van der Waals surface area contributed by atoms with Crippen LogP contribution in [0.25, 0.3) is 0 Å². The Bertz CT molecular complexity index is 773. The van der Waals surface area contributed by atoms with Gasteiger partial charge in [0.2, 0.25) is 5.88 Å². The van der Waals surface area contributed by atoms with Crippen LogP contribution >= 0.6 is 0 Å². The highest BCUT2D eigenvalue weighted by atomic mass is 16.5. The minimum Gasteiger partial charge on any atom is -0.493 e. The highest BCUT2D eigenvalue weighted by Crippen LogP contribution is 2.32. The highest BCUT2D eigenvalue weighted by Gasteiger charge is 2.31. The van der Waals surface area contributed by atoms with Crippen molar-refractivity contribution in [2.24, 2.45) is 11.8 Å². The fraction of sp³-hybridized carbons (Fsp3) is 0.429. The fourth-order valence-corrected chi connectivity index (χ4v) is 3.09. The number of carboxylic acid groups (broad SMARTS) is 1. The number of hydrogen-bond donors (Lipinski definition) is 1. The molecule has 1 atom stereocenters. The molecule has 0 aliphatic heterocycles. The van der Waals surface area contributed by atoms with E-state index in [2.05, 4.69) is 4.98 Å². The summed E-state index contributed by atoms with van der Waals surface area (Å²) >= 11 is 0. The van der Waals surface area contributed by atoms with Crippen molar-refractivity contribution in [3.63, 3.8) is 0 Å². The lowest BCUT2D eigenvalue weighted by Crippen LogP contribution is -2.37. The molecule has 1 N–H and O–H groups in total. The summed E-state index contributed by atoms with van der Waals surface area (Å²) < 4.78 is 16.9. The first-order valence-corrected chi connectivity index (χ1v) is 9.14. The fourth-order valence-electron chi connectivity index (χ4n) is 3.09. The predicted molar refractivity (Wildman–Crippen MR) is 100 cm³/mol. The Morgan fingerprint density at radius 2 is 2.07 bits per heavy atom. The van der Waals surface area contributed by atoms with Crippen LogP contribution < -0.4 is 14.2 Å². The van der Waals surface area contributed by atoms with E-state index in [-0.39, 0.29) is 6.10 Å². The molecule has 1 saturated carbocycles. The Morgan fingerprint density at radius 1 is 1.26 bits per heavy atom. The summed E-state index contributed by atoms with van der Waals surface area (Å²) in [4.78, 5) is 15.1. The molecule has 1 aliphatic rings. The van der Waals surface area contributed by atoms with Gasteiger partial charge in [0.25, 0.3) is 0 Å². The maximum absolute atomic E-state index is 11.0. The number of hydrogen-bond acceptors (Lipinski definition) is 5. The van der Waals surface area contributed by atoms with E-state index in [0.717, 1.165) is 29.9 Å². The van der Waals surface area contributed by atoms with E-state index < -0.39 is 11.9 Å². The molecule has 0 saturated heterocycles. The molecular weight excluding hydrogens is 346 g/mol. The zero-order valence-corrected chi connectivity index (χ0v) is 15.6. The Hall–Kier alpha value is -2.76. The largest absolute Gasteiger partial charge is 0.493 e. The second kappa shape index (κ2) is 8.75. The van der Waals surface area contributed by atoms with Crippen LogP contribution in [0.1, 0.15) is 25.3 Å². The molecule has 0 bridgehead atoms. The van der Waals surface area contributed by atoms with Gasteiger partial charge in [0, 0.05) is 12.3 Å². The van der Waals surface area contributed by atoms with Crippen LogP contribution in [0.2, 0.25) is 0 Å². The van der Waals surface area contributed by atoms with Crippen molar-refractivity contribution in [2.45, 2.75) is 32.3 Å². The van der Waals surface area contributed by atoms with Gasteiger partial charge in [-0.05, 0) is 48.9 Å². The van der Waals surface area contributed by atoms with Gasteiger partial charge < -0.3 is 19.3 Å². The van der Waals surface area contributed by atoms with Crippen LogP contribution in [-0.2, 0) is 11.2 Å². The van der Waals surface area contributed by atoms with Crippen LogP contribution in [0, 0.1) is 11.8 Å². The Morgan fingerprint density at radius 3 is 2.81 bits per heavy atom. The molecule has 1 heterocycles. The normalized spacial score (nSPS) is 19.6. The molecule has 0 radical (unpaired) electrons. The molecular formula is C21H25NO5. The molecule has 0 amide bonds. The minimum absolute atomic E-state index is 0.188. The van der Waals surface area contributed by atoms with Crippen molar-refractivity contribution in [3.05, 3.63) is 48.2 Å². The van der Waals surface area contributed by atoms with E-state index in [0.29, 0.717) is 24.8 Å². The summed E-state index contributed by atoms with van der Waals surface area (Å²) in [5, 5.41) is 9.03. The van der Waals surface area contributed by atoms with Crippen LogP contribution in [-0.4, -0.2) is 35.9 Å². The monoisotopic (exact) mass is 371 g/mol. The minimum atomic E-state index is -0.784. The maximum Gasteiger partial charge on any atom is 0.306 e. The number of ether oxygens (including phenoxy) is 3. The van der Waals surface area contributed by atoms with E-state index in [1.807, 2.05) is 30.3 Å². The second-order valence-corrected chi connectivity index (χ2v) is 7.01. The molecule has 144 valence electrons. The van der Waals surface area contributed by atoms with Crippen molar-refractivity contribution < 1.29 is 24.1 Å². The van der Waals surface area contributed by atoms with Gasteiger partial charge in [-0.25, -0.2) is 4.98 Å². The van der Waals surface area contributed by atoms with Crippen LogP contribution in [0.5, 0.6) is 17.4 Å². The molecule has 27 heavy (non-hydrogen) atoms. The van der Waals surface area contributed by atoms with Crippen LogP contribution in [0.15, 0.2) is 42.6 Å². The number of carbonyl (C=O) groups is 1. The lowest BCUT2D eigenvalue weighted by Gasteiger charge is -2.35. The average Bonchev–Trinajstić information content (AvgIpc) is 2.63. The predicted octanol–water partition coefficient (Wildman–Crippen LogP) is 3.59. The molecule has 1 aliphatic carbocycles. The van der Waals surface area contributed by atoms with E-state index in [9.17, 15) is 4.79 Å². The quantitative estimate of drug-likeness (QED) is 0.726. The number of benzene rings is 1. The molecule has 0 spiro atoms. The number of aliphatic carboxylic acids is 1. The van der Waals surface area contributed by atoms with Gasteiger partial charge in [-0.2, -0.15) is 0 Å². The molecule has 6 heteroatoms. The Labute approximate surface area is 159 Å². The number of aromatic nitrogens is 1. The standard InChI is InChI=1S/C21H25NO5/c1-14(21(23)24)8-15-4-3-5-17(9-15)26-13-16-10-19(11-16)27-18-6-7-22-20(12-18)25-2/h3-7,9,12,14,16,19H,8,10-11,13H2,1-2H3,(H,23,24). The number of pyridine rings is 1. The first-order chi connectivity index (χ1) is 13.0. The average molecular weight is 371 g/mol. The third kappa shape index (κ3) is 5.36. The summed E-state index contributed by atoms with van der Waals surface area (Å²) in [6.45, 7) is 2.35. The van der Waals surface area contributed by atoms with E-state index in [1.54, 1.807) is 26.3 Å². The summed E-state index contributed by atoms with van der Waals surface area (Å²) in [7, 11) is 1.58. The van der Waals surface area contributed by atoms with Gasteiger partial charge in [0.1, 0.15) is 11.5 Å². The molecule has 2 aromatic rings. The van der Waals surface area contributed by atoms with Gasteiger partial charge in [-0.1, -0.05) is 19.1 Å². The van der Waals surface area contributed by atoms with Gasteiger partial charge in [-0.3, -0.25) is 4.79 Å². The zero-order valence-electron chi connectivity index (χ0n) is 15.6. The maximum atomic E-state index is 11.0. The smallest absolute Gasteiger partial charge is 0.306 e. The lowest BCUT2D eigenvalue weighted by molar-refractivity contribution is -0.141. The van der Waals surface area contributed by atoms with Crippen molar-refractivity contribution in [3.8, 4) is 17.4 Å². The third-order valence-electron chi connectivity index (χ3n) is 4.76. The molecule has 1 aromatic heterocycles. The van der Waals surface area contributed by atoms with E-state index in [4.69, 9.17) is 19.3 Å². The van der Waals surface area contributed by atoms with Crippen molar-refractivity contribution in [2.75, 3.05) is 13.7 Å². The Kier molecular flexibility index (Phi) is 6.16. The number of nitrogens with zero attached hydrogens (tertiary/aromatic N) is 1. The highest BCUT2D eigenvalue weighted by molar-refractivity contribution is 5.69. The van der Waals surface area contributed by atoms with Crippen molar-refractivity contribution >= 4 is 5.97 Å². The van der Waals surface area contributed by atoms with Gasteiger partial charge >= 0.3 is 5.97 Å². The van der Waals surface area contributed by atoms with Gasteiger partial charge in [0.05, 0.1) is 25.7 Å². The number of carboxylic acids is 1. The van der Waals surface area contributed by atoms with Gasteiger partial charge in [0.15, 0.2) is 0 Å². The van der Waals surface area contributed by atoms with Crippen LogP contribution in [0.3, 0.4) is 0 Å². The summed E-state index contributed by atoms with van der Waals surface area (Å²) in [6.07, 6.45) is 4.25. The molecule has 3 rings (SSSR count). The van der Waals surface area contributed by atoms with E-state index >= 15 is 0 Å². The first-order valence-electron chi connectivity index (χ1n) is 9.14. The summed E-state index contributed by atoms with van der Waals surface area (Å²) in [6, 6.07) is 11.3. The summed E-state index contributed by atoms with van der Waals surface area (Å²) in [5.74, 6) is 1.37. The summed E-state index contributed by atoms with van der Waals surface area (Å²) in [5.41, 5.74) is 0.976. The van der Waals surface area contributed by atoms with Gasteiger partial charge in [-0.15, -0.1) is 0 Å². The van der Waals surface area contributed by atoms with Crippen molar-refractivity contribution in [1.29, 1.82) is 0 Å². The first kappa shape index (κ1) is 19.0. The van der Waals surface area contributed by atoms with Crippen LogP contribution in [0.4, 0.5) is 0 Å². The van der Waals surface area contributed by atoms with Crippen molar-refractivity contribution in [1.82, 2.24) is 4.98 Å². The third-order valence-corrected chi connectivity index (χ3v) is 4.76. The molecule has 1 unspecified atom stereocenters. The number of rotatable bonds is 9. The lowest BCUT2D eigenvalue weighted by atomic mass is 9.83. The topological polar surface area (TPSA) is 77.9 Å². The molecule has 1 aromatic carbocycles.